The van der Waals surface area contributed by atoms with E-state index >= 15 is 0 Å². The number of nitrogens with one attached hydrogen (secondary N) is 1. The third kappa shape index (κ3) is 2.38. The van der Waals surface area contributed by atoms with Crippen LogP contribution in [0, 0.1) is 5.92 Å². The second-order valence-corrected chi connectivity index (χ2v) is 3.81. The van der Waals surface area contributed by atoms with Gasteiger partial charge in [-0.25, -0.2) is 4.79 Å². The fourth-order valence-electron chi connectivity index (χ4n) is 1.76. The zero-order chi connectivity index (χ0) is 11.6. The Hall–Kier alpha value is -1.30. The second-order valence-electron chi connectivity index (χ2n) is 3.81. The van der Waals surface area contributed by atoms with Crippen molar-refractivity contribution in [3.8, 4) is 0 Å². The van der Waals surface area contributed by atoms with Gasteiger partial charge >= 0.3 is 12.1 Å². The molecule has 1 aliphatic rings. The van der Waals surface area contributed by atoms with Crippen LogP contribution in [0.15, 0.2) is 0 Å². The summed E-state index contributed by atoms with van der Waals surface area (Å²) in [4.78, 5) is 23.6. The molecule has 2 N–H and O–H groups in total. The Morgan fingerprint density at radius 2 is 2.33 bits per heavy atom. The summed E-state index contributed by atoms with van der Waals surface area (Å²) in [5, 5.41) is 11.6. The van der Waals surface area contributed by atoms with Crippen LogP contribution in [0.4, 0.5) is 4.79 Å². The van der Waals surface area contributed by atoms with Gasteiger partial charge in [-0.05, 0) is 7.05 Å². The normalized spacial score (nSPS) is 28.5. The predicted molar refractivity (Wildman–Crippen MR) is 52.5 cm³/mol. The number of ether oxygens (including phenoxy) is 1. The van der Waals surface area contributed by atoms with Crippen molar-refractivity contribution in [1.29, 1.82) is 0 Å². The van der Waals surface area contributed by atoms with E-state index in [1.807, 2.05) is 6.92 Å². The molecule has 86 valence electrons. The van der Waals surface area contributed by atoms with Crippen molar-refractivity contribution >= 4 is 12.1 Å². The number of cyclic esters (lactones) is 1. The molecule has 0 unspecified atom stereocenters. The van der Waals surface area contributed by atoms with E-state index in [1.54, 1.807) is 7.05 Å². The van der Waals surface area contributed by atoms with Gasteiger partial charge in [-0.15, -0.1) is 0 Å². The Morgan fingerprint density at radius 3 is 2.80 bits per heavy atom. The standard InChI is InChI=1S/C9H16N2O4/c1-5-4-11(3)9(14)15-7(5)6(10-2)8(12)13/h5-7,10H,4H2,1-3H3,(H,12,13)/t5-,6+,7-/m1/s1. The maximum Gasteiger partial charge on any atom is 0.409 e. The molecule has 6 nitrogen and oxygen atoms in total. The summed E-state index contributed by atoms with van der Waals surface area (Å²) >= 11 is 0. The molecule has 0 spiro atoms. The molecule has 1 saturated heterocycles. The van der Waals surface area contributed by atoms with Gasteiger partial charge < -0.3 is 20.1 Å². The number of rotatable bonds is 3. The van der Waals surface area contributed by atoms with E-state index in [0.717, 1.165) is 0 Å². The van der Waals surface area contributed by atoms with E-state index in [4.69, 9.17) is 9.84 Å². The van der Waals surface area contributed by atoms with E-state index in [-0.39, 0.29) is 5.92 Å². The molecule has 0 radical (unpaired) electrons. The van der Waals surface area contributed by atoms with Crippen LogP contribution in [0.1, 0.15) is 6.92 Å². The molecule has 0 bridgehead atoms. The molecule has 0 aromatic carbocycles. The fourth-order valence-corrected chi connectivity index (χ4v) is 1.76. The largest absolute Gasteiger partial charge is 0.480 e. The number of hydrogen-bond acceptors (Lipinski definition) is 4. The maximum absolute atomic E-state index is 11.3. The first-order valence-electron chi connectivity index (χ1n) is 4.79. The lowest BCUT2D eigenvalue weighted by molar-refractivity contribution is -0.144. The molecular weight excluding hydrogens is 200 g/mol. The highest BCUT2D eigenvalue weighted by atomic mass is 16.6. The van der Waals surface area contributed by atoms with Gasteiger partial charge in [-0.1, -0.05) is 6.92 Å². The third-order valence-electron chi connectivity index (χ3n) is 2.58. The molecule has 1 heterocycles. The fraction of sp³-hybridized carbons (Fsp3) is 0.778. The van der Waals surface area contributed by atoms with E-state index in [0.29, 0.717) is 6.54 Å². The van der Waals surface area contributed by atoms with Crippen LogP contribution >= 0.6 is 0 Å². The summed E-state index contributed by atoms with van der Waals surface area (Å²) in [5.41, 5.74) is 0. The van der Waals surface area contributed by atoms with Crippen molar-refractivity contribution in [2.24, 2.45) is 5.92 Å². The molecule has 0 aromatic rings. The molecule has 1 fully saturated rings. The molecule has 15 heavy (non-hydrogen) atoms. The van der Waals surface area contributed by atoms with Gasteiger partial charge in [0.15, 0.2) is 0 Å². The Labute approximate surface area is 88.2 Å². The number of carbonyl (C=O) groups excluding carboxylic acids is 1. The van der Waals surface area contributed by atoms with Crippen LogP contribution in [-0.2, 0) is 9.53 Å². The highest BCUT2D eigenvalue weighted by Gasteiger charge is 2.39. The van der Waals surface area contributed by atoms with Gasteiger partial charge in [-0.2, -0.15) is 0 Å². The number of amides is 1. The monoisotopic (exact) mass is 216 g/mol. The summed E-state index contributed by atoms with van der Waals surface area (Å²) in [7, 11) is 3.17. The number of carboxylic acid groups (broad SMARTS) is 1. The topological polar surface area (TPSA) is 78.9 Å². The number of aliphatic carboxylic acids is 1. The SMILES string of the molecule is CN[C@H](C(=O)O)[C@@H]1OC(=O)N(C)C[C@H]1C. The lowest BCUT2D eigenvalue weighted by Crippen LogP contribution is -2.56. The summed E-state index contributed by atoms with van der Waals surface area (Å²) in [6, 6.07) is -0.849. The minimum atomic E-state index is -1.01. The highest BCUT2D eigenvalue weighted by Crippen LogP contribution is 2.19. The first-order chi connectivity index (χ1) is 6.97. The van der Waals surface area contributed by atoms with E-state index in [1.165, 1.54) is 11.9 Å². The van der Waals surface area contributed by atoms with Gasteiger partial charge in [0.1, 0.15) is 12.1 Å². The van der Waals surface area contributed by atoms with Crippen molar-refractivity contribution in [3.05, 3.63) is 0 Å². The van der Waals surface area contributed by atoms with Gasteiger partial charge in [-0.3, -0.25) is 4.79 Å². The Balaban J connectivity index is 2.76. The first-order valence-corrected chi connectivity index (χ1v) is 4.79. The third-order valence-corrected chi connectivity index (χ3v) is 2.58. The molecule has 6 heteroatoms. The first kappa shape index (κ1) is 11.8. The molecule has 0 saturated carbocycles. The molecule has 3 atom stereocenters. The minimum Gasteiger partial charge on any atom is -0.480 e. The number of carbonyl (C=O) groups is 2. The van der Waals surface area contributed by atoms with Crippen molar-refractivity contribution in [2.75, 3.05) is 20.6 Å². The van der Waals surface area contributed by atoms with Gasteiger partial charge in [0.05, 0.1) is 0 Å². The number of likely N-dealkylation sites (N-methyl/N-ethyl adjacent to an activating group) is 1. The smallest absolute Gasteiger partial charge is 0.409 e. The van der Waals surface area contributed by atoms with Crippen molar-refractivity contribution < 1.29 is 19.4 Å². The van der Waals surface area contributed by atoms with Crippen LogP contribution in [-0.4, -0.2) is 54.9 Å². The van der Waals surface area contributed by atoms with Crippen LogP contribution in [0.25, 0.3) is 0 Å². The van der Waals surface area contributed by atoms with Crippen molar-refractivity contribution in [3.63, 3.8) is 0 Å². The summed E-state index contributed by atoms with van der Waals surface area (Å²) in [6.07, 6.45) is -1.09. The van der Waals surface area contributed by atoms with E-state index in [9.17, 15) is 9.59 Å². The highest BCUT2D eigenvalue weighted by molar-refractivity contribution is 5.76. The quantitative estimate of drug-likeness (QED) is 0.680. The molecule has 1 rings (SSSR count). The lowest BCUT2D eigenvalue weighted by atomic mass is 9.96. The number of carboxylic acids is 1. The molecule has 1 amide bonds. The zero-order valence-electron chi connectivity index (χ0n) is 9.06. The average molecular weight is 216 g/mol. The molecular formula is C9H16N2O4. The lowest BCUT2D eigenvalue weighted by Gasteiger charge is -2.36. The second kappa shape index (κ2) is 4.48. The van der Waals surface area contributed by atoms with Gasteiger partial charge in [0, 0.05) is 19.5 Å². The molecule has 0 aliphatic carbocycles. The molecule has 0 aromatic heterocycles. The van der Waals surface area contributed by atoms with Gasteiger partial charge in [0.25, 0.3) is 0 Å². The summed E-state index contributed by atoms with van der Waals surface area (Å²) in [6.45, 7) is 2.37. The Kier molecular flexibility index (Phi) is 3.52. The van der Waals surface area contributed by atoms with Crippen LogP contribution in [0.5, 0.6) is 0 Å². The van der Waals surface area contributed by atoms with Crippen LogP contribution in [0.3, 0.4) is 0 Å². The zero-order valence-corrected chi connectivity index (χ0v) is 9.06. The Morgan fingerprint density at radius 1 is 1.73 bits per heavy atom. The summed E-state index contributed by atoms with van der Waals surface area (Å²) in [5.74, 6) is -1.02. The van der Waals surface area contributed by atoms with Crippen LogP contribution < -0.4 is 5.32 Å². The van der Waals surface area contributed by atoms with Crippen molar-refractivity contribution in [1.82, 2.24) is 10.2 Å². The van der Waals surface area contributed by atoms with Gasteiger partial charge in [0.2, 0.25) is 0 Å². The minimum absolute atomic E-state index is 0.0127. The molecule has 1 aliphatic heterocycles. The predicted octanol–water partition coefficient (Wildman–Crippen LogP) is -0.254. The van der Waals surface area contributed by atoms with Crippen LogP contribution in [0.2, 0.25) is 0 Å². The van der Waals surface area contributed by atoms with Crippen molar-refractivity contribution in [2.45, 2.75) is 19.1 Å². The van der Waals surface area contributed by atoms with E-state index in [2.05, 4.69) is 5.32 Å². The maximum atomic E-state index is 11.3. The van der Waals surface area contributed by atoms with E-state index < -0.39 is 24.2 Å². The Bertz CT molecular complexity index is 269. The number of nitrogens with zero attached hydrogens (tertiary/aromatic N) is 1. The number of hydrogen-bond donors (Lipinski definition) is 2. The average Bonchev–Trinajstić information content (AvgIpc) is 2.14. The summed E-state index contributed by atoms with van der Waals surface area (Å²) < 4.78 is 5.07.